The van der Waals surface area contributed by atoms with E-state index in [1.54, 1.807) is 0 Å². The molecule has 5 rings (SSSR count). The van der Waals surface area contributed by atoms with Crippen molar-refractivity contribution in [2.75, 3.05) is 19.0 Å². The van der Waals surface area contributed by atoms with Crippen LogP contribution in [0.4, 0.5) is 5.69 Å². The monoisotopic (exact) mass is 690 g/mol. The van der Waals surface area contributed by atoms with E-state index in [4.69, 9.17) is 0 Å². The molecule has 0 atom stereocenters. The summed E-state index contributed by atoms with van der Waals surface area (Å²) in [6, 6.07) is 50.2. The van der Waals surface area contributed by atoms with E-state index in [2.05, 4.69) is 138 Å². The van der Waals surface area contributed by atoms with Gasteiger partial charge < -0.3 is 4.90 Å². The zero-order chi connectivity index (χ0) is 39.5. The maximum absolute atomic E-state index is 2.18. The lowest BCUT2D eigenvalue weighted by Gasteiger charge is -2.10. The Balaban J connectivity index is -0.000000293. The van der Waals surface area contributed by atoms with Gasteiger partial charge in [0, 0.05) is 19.8 Å². The third-order valence-electron chi connectivity index (χ3n) is 5.99. The van der Waals surface area contributed by atoms with Gasteiger partial charge in [0.1, 0.15) is 0 Å². The van der Waals surface area contributed by atoms with Crippen LogP contribution in [0.2, 0.25) is 0 Å². The minimum absolute atomic E-state index is 0.997. The summed E-state index contributed by atoms with van der Waals surface area (Å²) in [4.78, 5) is 2.08. The summed E-state index contributed by atoms with van der Waals surface area (Å²) in [5.74, 6) is 0. The largest absolute Gasteiger partial charge is 0.378 e. The van der Waals surface area contributed by atoms with E-state index in [0.29, 0.717) is 0 Å². The van der Waals surface area contributed by atoms with Crippen LogP contribution in [0.25, 0.3) is 28.3 Å². The first-order valence-corrected chi connectivity index (χ1v) is 19.4. The number of hydrogen-bond acceptors (Lipinski definition) is 1. The molecule has 5 aromatic carbocycles. The zero-order valence-electron chi connectivity index (χ0n) is 35.3. The molecule has 0 heterocycles. The SMILES string of the molecule is CC.CC.CC.CC.CC.CC.CC=CCC=Cc1ccc(-c2ccccc2)cc1.CN(C)c1ccccc1.c1ccc(-c2ccccc2)cc1. The van der Waals surface area contributed by atoms with Crippen molar-refractivity contribution < 1.29 is 0 Å². The smallest absolute Gasteiger partial charge is 0.0360 e. The van der Waals surface area contributed by atoms with Gasteiger partial charge in [-0.1, -0.05) is 241 Å². The molecule has 1 heteroatoms. The van der Waals surface area contributed by atoms with Gasteiger partial charge in [-0.15, -0.1) is 0 Å². The highest BCUT2D eigenvalue weighted by Gasteiger charge is 1.95. The van der Waals surface area contributed by atoms with Crippen LogP contribution in [-0.2, 0) is 0 Å². The summed E-state index contributed by atoms with van der Waals surface area (Å²) in [6.45, 7) is 26.0. The van der Waals surface area contributed by atoms with Gasteiger partial charge in [0.05, 0.1) is 0 Å². The van der Waals surface area contributed by atoms with E-state index >= 15 is 0 Å². The lowest BCUT2D eigenvalue weighted by molar-refractivity contribution is 1.13. The first kappa shape index (κ1) is 53.2. The number of benzene rings is 5. The first-order valence-electron chi connectivity index (χ1n) is 19.4. The minimum atomic E-state index is 0.997. The molecule has 0 saturated heterocycles. The fourth-order valence-corrected chi connectivity index (χ4v) is 3.82. The van der Waals surface area contributed by atoms with Gasteiger partial charge >= 0.3 is 0 Å². The lowest BCUT2D eigenvalue weighted by Crippen LogP contribution is -2.07. The molecular formula is C50H75N. The molecule has 0 aromatic heterocycles. The quantitative estimate of drug-likeness (QED) is 0.160. The van der Waals surface area contributed by atoms with Gasteiger partial charge in [-0.3, -0.25) is 0 Å². The fourth-order valence-electron chi connectivity index (χ4n) is 3.82. The maximum Gasteiger partial charge on any atom is 0.0360 e. The van der Waals surface area contributed by atoms with Crippen molar-refractivity contribution >= 4 is 11.8 Å². The van der Waals surface area contributed by atoms with Gasteiger partial charge in [0.25, 0.3) is 0 Å². The maximum atomic E-state index is 2.18. The summed E-state index contributed by atoms with van der Waals surface area (Å²) in [7, 11) is 4.07. The Morgan fingerprint density at radius 2 is 0.667 bits per heavy atom. The van der Waals surface area contributed by atoms with Gasteiger partial charge in [0.2, 0.25) is 0 Å². The normalized spacial score (nSPS) is 8.61. The number of nitrogens with zero attached hydrogens (tertiary/aromatic N) is 1. The zero-order valence-corrected chi connectivity index (χ0v) is 35.3. The van der Waals surface area contributed by atoms with Crippen LogP contribution in [-0.4, -0.2) is 14.1 Å². The van der Waals surface area contributed by atoms with Crippen molar-refractivity contribution in [2.24, 2.45) is 0 Å². The standard InChI is InChI=1S/C18H18.C12H10.C8H11N.6C2H6/c1-2-3-4-6-9-16-12-14-18(15-13-16)17-10-7-5-8-11-17;1-3-7-11(8-4-1)12-9-5-2-6-10-12;1-9(2)8-6-4-3-5-7-8;6*1-2/h2-3,5-15H,4H2,1H3;1-10H;3-7H,1-2H3;6*1-2H3. The molecular weight excluding hydrogens is 615 g/mol. The molecule has 5 aromatic rings. The molecule has 0 N–H and O–H groups in total. The van der Waals surface area contributed by atoms with E-state index < -0.39 is 0 Å². The summed E-state index contributed by atoms with van der Waals surface area (Å²) < 4.78 is 0. The number of para-hydroxylation sites is 1. The topological polar surface area (TPSA) is 3.24 Å². The summed E-state index contributed by atoms with van der Waals surface area (Å²) in [5.41, 5.74) is 7.58. The highest BCUT2D eigenvalue weighted by Crippen LogP contribution is 2.20. The Hall–Kier alpha value is -4.62. The Morgan fingerprint density at radius 3 is 0.941 bits per heavy atom. The average Bonchev–Trinajstić information content (AvgIpc) is 3.26. The van der Waals surface area contributed by atoms with Crippen LogP contribution in [0.1, 0.15) is 102 Å². The third kappa shape index (κ3) is 27.8. The summed E-state index contributed by atoms with van der Waals surface area (Å²) in [5, 5.41) is 0. The molecule has 0 radical (unpaired) electrons. The van der Waals surface area contributed by atoms with Crippen LogP contribution < -0.4 is 4.90 Å². The minimum Gasteiger partial charge on any atom is -0.378 e. The predicted octanol–water partition coefficient (Wildman–Crippen LogP) is 16.6. The Bertz CT molecular complexity index is 1320. The van der Waals surface area contributed by atoms with Crippen molar-refractivity contribution in [3.05, 3.63) is 169 Å². The van der Waals surface area contributed by atoms with Crippen molar-refractivity contribution in [3.63, 3.8) is 0 Å². The van der Waals surface area contributed by atoms with E-state index in [-0.39, 0.29) is 0 Å². The second-order valence-electron chi connectivity index (χ2n) is 9.16. The van der Waals surface area contributed by atoms with Crippen molar-refractivity contribution in [1.82, 2.24) is 0 Å². The number of allylic oxidation sites excluding steroid dienone is 3. The van der Waals surface area contributed by atoms with Crippen LogP contribution in [0.5, 0.6) is 0 Å². The molecule has 0 spiro atoms. The van der Waals surface area contributed by atoms with Crippen LogP contribution >= 0.6 is 0 Å². The Kier molecular flexibility index (Phi) is 45.3. The molecule has 280 valence electrons. The van der Waals surface area contributed by atoms with Crippen molar-refractivity contribution in [2.45, 2.75) is 96.4 Å². The number of rotatable bonds is 6. The molecule has 0 bridgehead atoms. The van der Waals surface area contributed by atoms with E-state index in [1.165, 1.54) is 33.5 Å². The second-order valence-corrected chi connectivity index (χ2v) is 9.16. The highest BCUT2D eigenvalue weighted by molar-refractivity contribution is 5.65. The molecule has 0 aliphatic rings. The van der Waals surface area contributed by atoms with E-state index in [9.17, 15) is 0 Å². The van der Waals surface area contributed by atoms with Crippen LogP contribution in [0, 0.1) is 0 Å². The molecule has 0 unspecified atom stereocenters. The molecule has 0 fully saturated rings. The predicted molar refractivity (Wildman–Crippen MR) is 241 cm³/mol. The number of hydrogen-bond donors (Lipinski definition) is 0. The average molecular weight is 690 g/mol. The molecule has 1 nitrogen and oxygen atoms in total. The second kappa shape index (κ2) is 43.4. The summed E-state index contributed by atoms with van der Waals surface area (Å²) in [6.07, 6.45) is 9.56. The Labute approximate surface area is 317 Å². The lowest BCUT2D eigenvalue weighted by atomic mass is 10.0. The van der Waals surface area contributed by atoms with Crippen molar-refractivity contribution in [1.29, 1.82) is 0 Å². The Morgan fingerprint density at radius 1 is 0.373 bits per heavy atom. The fraction of sp³-hybridized carbons (Fsp3) is 0.320. The first-order chi connectivity index (χ1) is 25.2. The van der Waals surface area contributed by atoms with Crippen LogP contribution in [0.15, 0.2) is 164 Å². The molecule has 0 aliphatic carbocycles. The van der Waals surface area contributed by atoms with Gasteiger partial charge in [-0.25, -0.2) is 0 Å². The molecule has 51 heavy (non-hydrogen) atoms. The highest BCUT2D eigenvalue weighted by atomic mass is 15.1. The van der Waals surface area contributed by atoms with Crippen molar-refractivity contribution in [3.8, 4) is 22.3 Å². The van der Waals surface area contributed by atoms with Gasteiger partial charge in [-0.05, 0) is 53.3 Å². The van der Waals surface area contributed by atoms with E-state index in [0.717, 1.165) is 6.42 Å². The number of anilines is 1. The molecule has 0 saturated carbocycles. The van der Waals surface area contributed by atoms with Crippen LogP contribution in [0.3, 0.4) is 0 Å². The molecule has 0 aliphatic heterocycles. The van der Waals surface area contributed by atoms with Gasteiger partial charge in [-0.2, -0.15) is 0 Å². The summed E-state index contributed by atoms with van der Waals surface area (Å²) >= 11 is 0. The third-order valence-corrected chi connectivity index (χ3v) is 5.99. The van der Waals surface area contributed by atoms with E-state index in [1.807, 2.05) is 141 Å². The molecule has 0 amide bonds. The van der Waals surface area contributed by atoms with Gasteiger partial charge in [0.15, 0.2) is 0 Å².